The van der Waals surface area contributed by atoms with E-state index < -0.39 is 12.3 Å². The second-order valence-electron chi connectivity index (χ2n) is 3.38. The van der Waals surface area contributed by atoms with Crippen LogP contribution in [0.1, 0.15) is 27.2 Å². The first-order valence-corrected chi connectivity index (χ1v) is 6.12. The molecule has 0 bridgehead atoms. The summed E-state index contributed by atoms with van der Waals surface area (Å²) in [5.74, 6) is -0.850. The monoisotopic (exact) mass is 262 g/mol. The van der Waals surface area contributed by atoms with Crippen LogP contribution in [0.15, 0.2) is 0 Å². The Hall–Kier alpha value is -0.980. The van der Waals surface area contributed by atoms with Crippen molar-refractivity contribution in [1.29, 1.82) is 0 Å². The SMILES string of the molecule is CCOC(=O)CC(=O)COCC(OCC)OCC. The van der Waals surface area contributed by atoms with E-state index in [2.05, 4.69) is 4.74 Å². The third kappa shape index (κ3) is 9.09. The van der Waals surface area contributed by atoms with Crippen molar-refractivity contribution >= 4 is 11.8 Å². The van der Waals surface area contributed by atoms with Gasteiger partial charge in [-0.3, -0.25) is 9.59 Å². The van der Waals surface area contributed by atoms with Crippen LogP contribution in [0, 0.1) is 0 Å². The Morgan fingerprint density at radius 2 is 1.61 bits per heavy atom. The maximum absolute atomic E-state index is 11.3. The molecule has 0 aliphatic carbocycles. The molecule has 0 fully saturated rings. The minimum absolute atomic E-state index is 0.143. The summed E-state index contributed by atoms with van der Waals surface area (Å²) in [6.45, 7) is 6.68. The minimum Gasteiger partial charge on any atom is -0.466 e. The van der Waals surface area contributed by atoms with E-state index in [0.717, 1.165) is 0 Å². The van der Waals surface area contributed by atoms with Gasteiger partial charge in [0.1, 0.15) is 13.0 Å². The summed E-state index contributed by atoms with van der Waals surface area (Å²) in [7, 11) is 0. The minimum atomic E-state index is -0.530. The highest BCUT2D eigenvalue weighted by Crippen LogP contribution is 1.97. The molecule has 0 N–H and O–H groups in total. The van der Waals surface area contributed by atoms with E-state index in [0.29, 0.717) is 13.2 Å². The Morgan fingerprint density at radius 1 is 1.00 bits per heavy atom. The Bertz CT molecular complexity index is 235. The number of esters is 1. The van der Waals surface area contributed by atoms with Crippen molar-refractivity contribution in [3.63, 3.8) is 0 Å². The maximum atomic E-state index is 11.3. The zero-order valence-corrected chi connectivity index (χ0v) is 11.3. The predicted molar refractivity (Wildman–Crippen MR) is 64.1 cm³/mol. The lowest BCUT2D eigenvalue weighted by atomic mass is 10.3. The number of ketones is 1. The number of hydrogen-bond donors (Lipinski definition) is 0. The van der Waals surface area contributed by atoms with Crippen LogP contribution in [-0.2, 0) is 28.5 Å². The average molecular weight is 262 g/mol. The largest absolute Gasteiger partial charge is 0.466 e. The molecule has 0 aliphatic rings. The second-order valence-corrected chi connectivity index (χ2v) is 3.38. The molecule has 0 rings (SSSR count). The lowest BCUT2D eigenvalue weighted by molar-refractivity contribution is -0.169. The molecule has 0 unspecified atom stereocenters. The van der Waals surface area contributed by atoms with Crippen LogP contribution in [0.2, 0.25) is 0 Å². The summed E-state index contributed by atoms with van der Waals surface area (Å²) < 4.78 is 20.3. The highest BCUT2D eigenvalue weighted by atomic mass is 16.7. The average Bonchev–Trinajstić information content (AvgIpc) is 2.29. The second kappa shape index (κ2) is 11.1. The van der Waals surface area contributed by atoms with E-state index in [9.17, 15) is 9.59 Å². The van der Waals surface area contributed by atoms with Crippen molar-refractivity contribution in [2.75, 3.05) is 33.0 Å². The molecule has 0 aromatic heterocycles. The number of hydrogen-bond acceptors (Lipinski definition) is 6. The van der Waals surface area contributed by atoms with E-state index in [4.69, 9.17) is 14.2 Å². The molecule has 0 amide bonds. The van der Waals surface area contributed by atoms with Gasteiger partial charge in [-0.1, -0.05) is 0 Å². The molecule has 0 atom stereocenters. The van der Waals surface area contributed by atoms with Gasteiger partial charge in [-0.15, -0.1) is 0 Å². The standard InChI is InChI=1S/C12H22O6/c1-4-16-11(14)7-10(13)8-15-9-12(17-5-2)18-6-3/h12H,4-9H2,1-3H3. The normalized spacial score (nSPS) is 10.7. The van der Waals surface area contributed by atoms with Crippen LogP contribution < -0.4 is 0 Å². The van der Waals surface area contributed by atoms with Gasteiger partial charge < -0.3 is 18.9 Å². The summed E-state index contributed by atoms with van der Waals surface area (Å²) in [4.78, 5) is 22.3. The van der Waals surface area contributed by atoms with E-state index in [1.54, 1.807) is 6.92 Å². The van der Waals surface area contributed by atoms with Crippen molar-refractivity contribution in [2.45, 2.75) is 33.5 Å². The van der Waals surface area contributed by atoms with Gasteiger partial charge in [-0.25, -0.2) is 0 Å². The fourth-order valence-corrected chi connectivity index (χ4v) is 1.21. The zero-order chi connectivity index (χ0) is 13.8. The van der Waals surface area contributed by atoms with Crippen LogP contribution in [0.25, 0.3) is 0 Å². The van der Waals surface area contributed by atoms with Gasteiger partial charge in [0.15, 0.2) is 12.1 Å². The van der Waals surface area contributed by atoms with E-state index >= 15 is 0 Å². The van der Waals surface area contributed by atoms with Crippen molar-refractivity contribution in [3.05, 3.63) is 0 Å². The Kier molecular flexibility index (Phi) is 10.5. The van der Waals surface area contributed by atoms with Gasteiger partial charge in [0, 0.05) is 13.2 Å². The molecule has 6 nitrogen and oxygen atoms in total. The number of ether oxygens (including phenoxy) is 4. The van der Waals surface area contributed by atoms with Gasteiger partial charge >= 0.3 is 5.97 Å². The molecule has 0 aromatic rings. The molecule has 0 heterocycles. The smallest absolute Gasteiger partial charge is 0.313 e. The summed E-state index contributed by atoms with van der Waals surface area (Å²) in [6.07, 6.45) is -0.739. The third-order valence-electron chi connectivity index (χ3n) is 1.87. The molecular formula is C12H22O6. The van der Waals surface area contributed by atoms with Gasteiger partial charge in [0.2, 0.25) is 0 Å². The summed E-state index contributed by atoms with van der Waals surface area (Å²) >= 11 is 0. The number of carbonyl (C=O) groups excluding carboxylic acids is 2. The molecule has 6 heteroatoms. The van der Waals surface area contributed by atoms with Crippen molar-refractivity contribution in [3.8, 4) is 0 Å². The lowest BCUT2D eigenvalue weighted by Crippen LogP contribution is -2.25. The van der Waals surface area contributed by atoms with E-state index in [1.165, 1.54) is 0 Å². The molecule has 106 valence electrons. The predicted octanol–water partition coefficient (Wildman–Crippen LogP) is 0.924. The van der Waals surface area contributed by atoms with Crippen molar-refractivity contribution < 1.29 is 28.5 Å². The topological polar surface area (TPSA) is 71.1 Å². The molecule has 0 saturated heterocycles. The molecule has 0 radical (unpaired) electrons. The highest BCUT2D eigenvalue weighted by molar-refractivity contribution is 5.96. The highest BCUT2D eigenvalue weighted by Gasteiger charge is 2.13. The first-order chi connectivity index (χ1) is 8.63. The van der Waals surface area contributed by atoms with Gasteiger partial charge in [0.25, 0.3) is 0 Å². The van der Waals surface area contributed by atoms with Gasteiger partial charge in [-0.2, -0.15) is 0 Å². The number of Topliss-reactive ketones (excluding diaryl/α,β-unsaturated/α-hetero) is 1. The molecular weight excluding hydrogens is 240 g/mol. The lowest BCUT2D eigenvalue weighted by Gasteiger charge is -2.16. The first kappa shape index (κ1) is 17.0. The zero-order valence-electron chi connectivity index (χ0n) is 11.3. The number of rotatable bonds is 11. The van der Waals surface area contributed by atoms with Crippen LogP contribution >= 0.6 is 0 Å². The fraction of sp³-hybridized carbons (Fsp3) is 0.833. The van der Waals surface area contributed by atoms with Crippen LogP contribution in [0.5, 0.6) is 0 Å². The Balaban J connectivity index is 3.73. The van der Waals surface area contributed by atoms with Crippen molar-refractivity contribution in [2.24, 2.45) is 0 Å². The Morgan fingerprint density at radius 3 is 2.11 bits per heavy atom. The van der Waals surface area contributed by atoms with E-state index in [-0.39, 0.29) is 32.0 Å². The third-order valence-corrected chi connectivity index (χ3v) is 1.87. The fourth-order valence-electron chi connectivity index (χ4n) is 1.21. The molecule has 0 aliphatic heterocycles. The maximum Gasteiger partial charge on any atom is 0.313 e. The summed E-state index contributed by atoms with van der Waals surface area (Å²) in [5, 5.41) is 0. The van der Waals surface area contributed by atoms with Crippen molar-refractivity contribution in [1.82, 2.24) is 0 Å². The van der Waals surface area contributed by atoms with Gasteiger partial charge in [-0.05, 0) is 20.8 Å². The molecule has 0 spiro atoms. The van der Waals surface area contributed by atoms with Gasteiger partial charge in [0.05, 0.1) is 13.2 Å². The summed E-state index contributed by atoms with van der Waals surface area (Å²) in [5.41, 5.74) is 0. The van der Waals surface area contributed by atoms with Crippen LogP contribution in [0.4, 0.5) is 0 Å². The first-order valence-electron chi connectivity index (χ1n) is 6.12. The molecule has 0 saturated carbocycles. The molecule has 0 aromatic carbocycles. The van der Waals surface area contributed by atoms with E-state index in [1.807, 2.05) is 13.8 Å². The summed E-state index contributed by atoms with van der Waals surface area (Å²) in [6, 6.07) is 0. The van der Waals surface area contributed by atoms with Crippen LogP contribution in [-0.4, -0.2) is 51.1 Å². The van der Waals surface area contributed by atoms with Crippen LogP contribution in [0.3, 0.4) is 0 Å². The quantitative estimate of drug-likeness (QED) is 0.313. The number of carbonyl (C=O) groups is 2. The Labute approximate surface area is 108 Å². The molecule has 18 heavy (non-hydrogen) atoms.